The van der Waals surface area contributed by atoms with Crippen molar-refractivity contribution in [2.45, 2.75) is 13.3 Å². The van der Waals surface area contributed by atoms with Crippen molar-refractivity contribution >= 4 is 17.4 Å². The molecule has 0 aliphatic carbocycles. The van der Waals surface area contributed by atoms with Crippen LogP contribution in [-0.2, 0) is 0 Å². The summed E-state index contributed by atoms with van der Waals surface area (Å²) in [6.45, 7) is 3.29. The number of nitriles is 1. The van der Waals surface area contributed by atoms with Crippen molar-refractivity contribution in [3.63, 3.8) is 0 Å². The van der Waals surface area contributed by atoms with Gasteiger partial charge in [0.05, 0.1) is 25.8 Å². The molecule has 0 aromatic carbocycles. The van der Waals surface area contributed by atoms with Crippen LogP contribution in [0.15, 0.2) is 6.20 Å². The van der Waals surface area contributed by atoms with E-state index >= 15 is 0 Å². The Morgan fingerprint density at radius 1 is 1.62 bits per heavy atom. The molecule has 0 N–H and O–H groups in total. The Morgan fingerprint density at radius 2 is 2.38 bits per heavy atom. The van der Waals surface area contributed by atoms with Crippen molar-refractivity contribution in [1.82, 2.24) is 9.97 Å². The Hall–Kier alpha value is -1.54. The highest BCUT2D eigenvalue weighted by Gasteiger charge is 2.12. The summed E-state index contributed by atoms with van der Waals surface area (Å²) in [6.07, 6.45) is 1.92. The standard InChI is InChI=1S/C10H13ClN4O/c1-3-15(6-4-5-12)9-8(11)7-13-10(14-9)16-2/h7H,3-4,6H2,1-2H3. The van der Waals surface area contributed by atoms with Crippen molar-refractivity contribution in [3.8, 4) is 12.1 Å². The van der Waals surface area contributed by atoms with Gasteiger partial charge in [-0.1, -0.05) is 11.6 Å². The maximum atomic E-state index is 8.56. The zero-order valence-corrected chi connectivity index (χ0v) is 10.0. The van der Waals surface area contributed by atoms with Gasteiger partial charge in [0.2, 0.25) is 0 Å². The number of hydrogen-bond acceptors (Lipinski definition) is 5. The lowest BCUT2D eigenvalue weighted by atomic mass is 10.4. The van der Waals surface area contributed by atoms with Gasteiger partial charge < -0.3 is 9.64 Å². The maximum absolute atomic E-state index is 8.56. The second-order valence-electron chi connectivity index (χ2n) is 3.02. The number of anilines is 1. The number of nitrogens with zero attached hydrogens (tertiary/aromatic N) is 4. The van der Waals surface area contributed by atoms with E-state index in [1.807, 2.05) is 11.8 Å². The largest absolute Gasteiger partial charge is 0.467 e. The Labute approximate surface area is 99.6 Å². The summed E-state index contributed by atoms with van der Waals surface area (Å²) in [5.41, 5.74) is 0. The van der Waals surface area contributed by atoms with Gasteiger partial charge in [0, 0.05) is 13.1 Å². The van der Waals surface area contributed by atoms with Crippen molar-refractivity contribution < 1.29 is 4.74 Å². The van der Waals surface area contributed by atoms with Crippen LogP contribution in [0.25, 0.3) is 0 Å². The van der Waals surface area contributed by atoms with E-state index in [9.17, 15) is 0 Å². The van der Waals surface area contributed by atoms with Crippen molar-refractivity contribution in [3.05, 3.63) is 11.2 Å². The van der Waals surface area contributed by atoms with Gasteiger partial charge in [0.15, 0.2) is 5.82 Å². The number of hydrogen-bond donors (Lipinski definition) is 0. The summed E-state index contributed by atoms with van der Waals surface area (Å²) in [5, 5.41) is 9.02. The molecule has 1 rings (SSSR count). The van der Waals surface area contributed by atoms with Crippen LogP contribution in [0, 0.1) is 11.3 Å². The minimum absolute atomic E-state index is 0.273. The zero-order valence-electron chi connectivity index (χ0n) is 9.27. The summed E-state index contributed by atoms with van der Waals surface area (Å²) in [5.74, 6) is 0.603. The number of aromatic nitrogens is 2. The van der Waals surface area contributed by atoms with Crippen LogP contribution in [0.2, 0.25) is 5.02 Å². The van der Waals surface area contributed by atoms with Gasteiger partial charge in [0.1, 0.15) is 5.02 Å². The van der Waals surface area contributed by atoms with Gasteiger partial charge in [-0.25, -0.2) is 4.98 Å². The number of methoxy groups -OCH3 is 1. The van der Waals surface area contributed by atoms with Crippen LogP contribution in [0.3, 0.4) is 0 Å². The molecule has 16 heavy (non-hydrogen) atoms. The van der Waals surface area contributed by atoms with E-state index < -0.39 is 0 Å². The fourth-order valence-corrected chi connectivity index (χ4v) is 1.47. The summed E-state index contributed by atoms with van der Waals surface area (Å²) in [6, 6.07) is 2.36. The molecule has 1 heterocycles. The van der Waals surface area contributed by atoms with E-state index in [0.717, 1.165) is 6.54 Å². The van der Waals surface area contributed by atoms with Crippen molar-refractivity contribution in [2.75, 3.05) is 25.1 Å². The molecule has 0 spiro atoms. The Bertz CT molecular complexity index is 391. The van der Waals surface area contributed by atoms with E-state index in [4.69, 9.17) is 21.6 Å². The lowest BCUT2D eigenvalue weighted by molar-refractivity contribution is 0.379. The zero-order chi connectivity index (χ0) is 12.0. The summed E-state index contributed by atoms with van der Waals surface area (Å²) in [4.78, 5) is 9.98. The first-order valence-corrected chi connectivity index (χ1v) is 5.29. The second-order valence-corrected chi connectivity index (χ2v) is 3.42. The lowest BCUT2D eigenvalue weighted by Crippen LogP contribution is -2.25. The number of ether oxygens (including phenoxy) is 1. The average molecular weight is 241 g/mol. The van der Waals surface area contributed by atoms with Crippen molar-refractivity contribution in [2.24, 2.45) is 0 Å². The number of halogens is 1. The van der Waals surface area contributed by atoms with Crippen molar-refractivity contribution in [1.29, 1.82) is 5.26 Å². The smallest absolute Gasteiger partial charge is 0.318 e. The molecule has 5 nitrogen and oxygen atoms in total. The first-order valence-electron chi connectivity index (χ1n) is 4.91. The molecule has 0 fully saturated rings. The topological polar surface area (TPSA) is 62.0 Å². The van der Waals surface area contributed by atoms with Gasteiger partial charge in [0.25, 0.3) is 0 Å². The van der Waals surface area contributed by atoms with Gasteiger partial charge in [-0.15, -0.1) is 0 Å². The molecule has 0 unspecified atom stereocenters. The van der Waals surface area contributed by atoms with Crippen LogP contribution >= 0.6 is 11.6 Å². The summed E-state index contributed by atoms with van der Waals surface area (Å²) in [7, 11) is 1.50. The van der Waals surface area contributed by atoms with Crippen LogP contribution < -0.4 is 9.64 Å². The molecular formula is C10H13ClN4O. The van der Waals surface area contributed by atoms with Gasteiger partial charge in [-0.05, 0) is 6.92 Å². The van der Waals surface area contributed by atoms with Gasteiger partial charge >= 0.3 is 6.01 Å². The van der Waals surface area contributed by atoms with Crippen LogP contribution in [0.4, 0.5) is 5.82 Å². The normalized spacial score (nSPS) is 9.62. The third-order valence-electron chi connectivity index (χ3n) is 2.06. The molecule has 86 valence electrons. The highest BCUT2D eigenvalue weighted by Crippen LogP contribution is 2.24. The fraction of sp³-hybridized carbons (Fsp3) is 0.500. The molecular weight excluding hydrogens is 228 g/mol. The maximum Gasteiger partial charge on any atom is 0.318 e. The van der Waals surface area contributed by atoms with E-state index in [0.29, 0.717) is 23.8 Å². The third kappa shape index (κ3) is 2.97. The molecule has 0 saturated heterocycles. The average Bonchev–Trinajstić information content (AvgIpc) is 2.32. The van der Waals surface area contributed by atoms with Gasteiger partial charge in [-0.3, -0.25) is 0 Å². The quantitative estimate of drug-likeness (QED) is 0.786. The van der Waals surface area contributed by atoms with Crippen LogP contribution in [0.1, 0.15) is 13.3 Å². The Kier molecular flexibility index (Phi) is 4.80. The summed E-state index contributed by atoms with van der Waals surface area (Å²) < 4.78 is 4.94. The predicted molar refractivity (Wildman–Crippen MR) is 61.7 cm³/mol. The monoisotopic (exact) mass is 240 g/mol. The molecule has 0 aliphatic heterocycles. The van der Waals surface area contributed by atoms with Crippen LogP contribution in [-0.4, -0.2) is 30.2 Å². The second kappa shape index (κ2) is 6.13. The molecule has 6 heteroatoms. The lowest BCUT2D eigenvalue weighted by Gasteiger charge is -2.21. The molecule has 0 amide bonds. The van der Waals surface area contributed by atoms with E-state index in [-0.39, 0.29) is 6.01 Å². The Balaban J connectivity index is 2.94. The highest BCUT2D eigenvalue weighted by atomic mass is 35.5. The molecule has 0 aliphatic rings. The molecule has 1 aromatic rings. The van der Waals surface area contributed by atoms with E-state index in [2.05, 4.69) is 16.0 Å². The first kappa shape index (κ1) is 12.5. The van der Waals surface area contributed by atoms with E-state index in [1.165, 1.54) is 13.3 Å². The molecule has 0 bridgehead atoms. The first-order chi connectivity index (χ1) is 7.72. The highest BCUT2D eigenvalue weighted by molar-refractivity contribution is 6.32. The minimum atomic E-state index is 0.273. The minimum Gasteiger partial charge on any atom is -0.467 e. The molecule has 1 aromatic heterocycles. The third-order valence-corrected chi connectivity index (χ3v) is 2.33. The SMILES string of the molecule is CCN(CCC#N)c1nc(OC)ncc1Cl. The summed E-state index contributed by atoms with van der Waals surface area (Å²) >= 11 is 6.00. The Morgan fingerprint density at radius 3 is 2.94 bits per heavy atom. The predicted octanol–water partition coefficient (Wildman–Crippen LogP) is 1.88. The number of rotatable bonds is 5. The molecule has 0 saturated carbocycles. The van der Waals surface area contributed by atoms with E-state index in [1.54, 1.807) is 0 Å². The fourth-order valence-electron chi connectivity index (χ4n) is 1.26. The molecule has 0 atom stereocenters. The molecule has 0 radical (unpaired) electrons. The van der Waals surface area contributed by atoms with Gasteiger partial charge in [-0.2, -0.15) is 10.2 Å². The van der Waals surface area contributed by atoms with Crippen LogP contribution in [0.5, 0.6) is 6.01 Å².